The van der Waals surface area contributed by atoms with Crippen molar-refractivity contribution in [2.45, 2.75) is 32.6 Å². The van der Waals surface area contributed by atoms with Gasteiger partial charge in [-0.3, -0.25) is 0 Å². The van der Waals surface area contributed by atoms with E-state index in [1.54, 1.807) is 6.07 Å². The molecule has 0 radical (unpaired) electrons. The van der Waals surface area contributed by atoms with Gasteiger partial charge in [-0.15, -0.1) is 0 Å². The third-order valence-corrected chi connectivity index (χ3v) is 2.20. The van der Waals surface area contributed by atoms with E-state index >= 15 is 0 Å². The van der Waals surface area contributed by atoms with Crippen molar-refractivity contribution < 1.29 is 8.78 Å². The van der Waals surface area contributed by atoms with Gasteiger partial charge < -0.3 is 0 Å². The molecule has 0 atom stereocenters. The average Bonchev–Trinajstić information content (AvgIpc) is 2.15. The van der Waals surface area contributed by atoms with Crippen molar-refractivity contribution >= 4 is 0 Å². The Labute approximate surface area is 88.3 Å². The number of nitriles is 1. The van der Waals surface area contributed by atoms with Gasteiger partial charge in [-0.2, -0.15) is 5.26 Å². The lowest BCUT2D eigenvalue weighted by Gasteiger charge is -2.23. The maximum atomic E-state index is 12.8. The summed E-state index contributed by atoms with van der Waals surface area (Å²) >= 11 is 0. The van der Waals surface area contributed by atoms with Gasteiger partial charge in [0.2, 0.25) is 0 Å². The van der Waals surface area contributed by atoms with Gasteiger partial charge in [-0.25, -0.2) is 8.78 Å². The highest BCUT2D eigenvalue weighted by molar-refractivity contribution is 5.47. The van der Waals surface area contributed by atoms with E-state index in [-0.39, 0.29) is 5.56 Å². The van der Waals surface area contributed by atoms with Gasteiger partial charge in [0.05, 0.1) is 11.6 Å². The van der Waals surface area contributed by atoms with Crippen molar-refractivity contribution in [1.82, 2.24) is 0 Å². The van der Waals surface area contributed by atoms with Crippen LogP contribution >= 0.6 is 0 Å². The second-order valence-corrected chi connectivity index (χ2v) is 4.43. The summed E-state index contributed by atoms with van der Waals surface area (Å²) in [5, 5.41) is 8.89. The number of nitrogens with zero attached hydrogens (tertiary/aromatic N) is 1. The zero-order valence-electron chi connectivity index (χ0n) is 9.01. The molecule has 0 saturated carbocycles. The van der Waals surface area contributed by atoms with Crippen molar-refractivity contribution in [3.05, 3.63) is 34.9 Å². The van der Waals surface area contributed by atoms with E-state index in [2.05, 4.69) is 0 Å². The number of hydrogen-bond acceptors (Lipinski definition) is 1. The highest BCUT2D eigenvalue weighted by Crippen LogP contribution is 2.34. The molecule has 3 heteroatoms. The van der Waals surface area contributed by atoms with Gasteiger partial charge in [0, 0.05) is 5.56 Å². The maximum Gasteiger partial charge on any atom is 0.264 e. The van der Waals surface area contributed by atoms with Gasteiger partial charge in [0.1, 0.15) is 0 Å². The Kier molecular flexibility index (Phi) is 3.09. The zero-order valence-corrected chi connectivity index (χ0v) is 9.01. The fourth-order valence-electron chi connectivity index (χ4n) is 1.68. The quantitative estimate of drug-likeness (QED) is 0.690. The molecular weight excluding hydrogens is 196 g/mol. The first-order valence-electron chi connectivity index (χ1n) is 4.69. The Morgan fingerprint density at radius 1 is 1.27 bits per heavy atom. The lowest BCUT2D eigenvalue weighted by Crippen LogP contribution is -2.16. The molecule has 1 aromatic rings. The number of hydrogen-bond donors (Lipinski definition) is 0. The standard InChI is InChI=1S/C12H13F2N/c1-12(2,3)10-8(7-15)5-4-6-9(10)11(13)14/h4-6,11H,1-3H3. The van der Waals surface area contributed by atoms with Crippen LogP contribution in [0.2, 0.25) is 0 Å². The summed E-state index contributed by atoms with van der Waals surface area (Å²) in [6.45, 7) is 5.49. The van der Waals surface area contributed by atoms with Crippen LogP contribution in [0.15, 0.2) is 18.2 Å². The number of rotatable bonds is 1. The van der Waals surface area contributed by atoms with Crippen molar-refractivity contribution in [1.29, 1.82) is 5.26 Å². The van der Waals surface area contributed by atoms with Crippen molar-refractivity contribution in [3.63, 3.8) is 0 Å². The highest BCUT2D eigenvalue weighted by Gasteiger charge is 2.25. The van der Waals surface area contributed by atoms with Gasteiger partial charge >= 0.3 is 0 Å². The molecule has 0 aliphatic heterocycles. The molecule has 0 spiro atoms. The van der Waals surface area contributed by atoms with E-state index in [9.17, 15) is 8.78 Å². The third-order valence-electron chi connectivity index (χ3n) is 2.20. The number of benzene rings is 1. The van der Waals surface area contributed by atoms with Crippen molar-refractivity contribution in [2.75, 3.05) is 0 Å². The second-order valence-electron chi connectivity index (χ2n) is 4.43. The van der Waals surface area contributed by atoms with Crippen molar-refractivity contribution in [2.24, 2.45) is 0 Å². The normalized spacial score (nSPS) is 11.5. The molecule has 0 heterocycles. The molecule has 80 valence electrons. The molecule has 1 aromatic carbocycles. The maximum absolute atomic E-state index is 12.8. The van der Waals surface area contributed by atoms with E-state index < -0.39 is 11.8 Å². The summed E-state index contributed by atoms with van der Waals surface area (Å²) in [6, 6.07) is 6.42. The van der Waals surface area contributed by atoms with Crippen LogP contribution in [0, 0.1) is 11.3 Å². The van der Waals surface area contributed by atoms with E-state index in [4.69, 9.17) is 5.26 Å². The minimum atomic E-state index is -2.53. The topological polar surface area (TPSA) is 23.8 Å². The number of halogens is 2. The van der Waals surface area contributed by atoms with Crippen LogP contribution in [0.5, 0.6) is 0 Å². The Bertz CT molecular complexity index is 397. The fourth-order valence-corrected chi connectivity index (χ4v) is 1.68. The largest absolute Gasteiger partial charge is 0.264 e. The summed E-state index contributed by atoms with van der Waals surface area (Å²) in [4.78, 5) is 0. The summed E-state index contributed by atoms with van der Waals surface area (Å²) < 4.78 is 25.5. The summed E-state index contributed by atoms with van der Waals surface area (Å²) in [6.07, 6.45) is -2.53. The highest BCUT2D eigenvalue weighted by atomic mass is 19.3. The van der Waals surface area contributed by atoms with E-state index in [1.807, 2.05) is 26.8 Å². The molecule has 1 nitrogen and oxygen atoms in total. The molecule has 0 aromatic heterocycles. The fraction of sp³-hybridized carbons (Fsp3) is 0.417. The number of alkyl halides is 2. The smallest absolute Gasteiger partial charge is 0.205 e. The third kappa shape index (κ3) is 2.33. The molecule has 0 N–H and O–H groups in total. The van der Waals surface area contributed by atoms with E-state index in [0.717, 1.165) is 0 Å². The van der Waals surface area contributed by atoms with Gasteiger partial charge in [0.15, 0.2) is 0 Å². The predicted molar refractivity (Wildman–Crippen MR) is 54.8 cm³/mol. The first kappa shape index (κ1) is 11.6. The van der Waals surface area contributed by atoms with Crippen LogP contribution in [-0.4, -0.2) is 0 Å². The molecule has 0 aliphatic carbocycles. The van der Waals surface area contributed by atoms with Crippen LogP contribution < -0.4 is 0 Å². The summed E-state index contributed by atoms with van der Waals surface area (Å²) in [5.41, 5.74) is 0.294. The predicted octanol–water partition coefficient (Wildman–Crippen LogP) is 3.79. The molecule has 0 saturated heterocycles. The van der Waals surface area contributed by atoms with Gasteiger partial charge in [-0.1, -0.05) is 32.9 Å². The monoisotopic (exact) mass is 209 g/mol. The van der Waals surface area contributed by atoms with Crippen LogP contribution in [-0.2, 0) is 5.41 Å². The summed E-state index contributed by atoms with van der Waals surface area (Å²) in [5.74, 6) is 0. The molecule has 0 unspecified atom stereocenters. The van der Waals surface area contributed by atoms with Crippen molar-refractivity contribution in [3.8, 4) is 6.07 Å². The van der Waals surface area contributed by atoms with Crippen LogP contribution in [0.1, 0.15) is 43.9 Å². The minimum Gasteiger partial charge on any atom is -0.205 e. The van der Waals surface area contributed by atoms with Crippen LogP contribution in [0.4, 0.5) is 8.78 Å². The van der Waals surface area contributed by atoms with Gasteiger partial charge in [0.25, 0.3) is 6.43 Å². The molecule has 0 amide bonds. The Morgan fingerprint density at radius 3 is 2.27 bits per heavy atom. The molecule has 0 fully saturated rings. The van der Waals surface area contributed by atoms with Crippen LogP contribution in [0.3, 0.4) is 0 Å². The van der Waals surface area contributed by atoms with Gasteiger partial charge in [-0.05, 0) is 17.0 Å². The molecule has 0 bridgehead atoms. The lowest BCUT2D eigenvalue weighted by molar-refractivity contribution is 0.149. The zero-order chi connectivity index (χ0) is 11.6. The average molecular weight is 209 g/mol. The lowest BCUT2D eigenvalue weighted by atomic mass is 9.81. The molecule has 0 aliphatic rings. The van der Waals surface area contributed by atoms with E-state index in [1.165, 1.54) is 12.1 Å². The molecule has 15 heavy (non-hydrogen) atoms. The molecule has 1 rings (SSSR count). The Balaban J connectivity index is 3.50. The Morgan fingerprint density at radius 2 is 1.87 bits per heavy atom. The SMILES string of the molecule is CC(C)(C)c1c(C#N)cccc1C(F)F. The first-order valence-corrected chi connectivity index (χ1v) is 4.69. The first-order chi connectivity index (χ1) is 6.88. The molecular formula is C12H13F2N. The van der Waals surface area contributed by atoms with Crippen LogP contribution in [0.25, 0.3) is 0 Å². The summed E-state index contributed by atoms with van der Waals surface area (Å²) in [7, 11) is 0. The Hall–Kier alpha value is -1.43. The van der Waals surface area contributed by atoms with E-state index in [0.29, 0.717) is 11.1 Å². The second kappa shape index (κ2) is 3.98. The minimum absolute atomic E-state index is 0.0402.